The van der Waals surface area contributed by atoms with Gasteiger partial charge in [0.2, 0.25) is 5.89 Å². The molecule has 6 heteroatoms. The molecule has 0 N–H and O–H groups in total. The molecule has 1 aliphatic heterocycles. The first kappa shape index (κ1) is 16.4. The molecule has 1 aliphatic carbocycles. The number of rotatable bonds is 5. The molecule has 6 nitrogen and oxygen atoms in total. The first-order valence-electron chi connectivity index (χ1n) is 9.29. The first-order chi connectivity index (χ1) is 12.3. The number of pyridine rings is 1. The molecule has 132 valence electrons. The van der Waals surface area contributed by atoms with Crippen LogP contribution in [0, 0.1) is 5.92 Å². The summed E-state index contributed by atoms with van der Waals surface area (Å²) in [5.74, 6) is 2.13. The lowest BCUT2D eigenvalue weighted by Gasteiger charge is -2.30. The molecule has 0 radical (unpaired) electrons. The largest absolute Gasteiger partial charge is 0.339 e. The molecule has 25 heavy (non-hydrogen) atoms. The molecule has 2 aromatic rings. The number of hydrogen-bond donors (Lipinski definition) is 0. The molecule has 2 aromatic heterocycles. The minimum Gasteiger partial charge on any atom is -0.339 e. The summed E-state index contributed by atoms with van der Waals surface area (Å²) < 4.78 is 5.47. The fraction of sp³-hybridized carbons (Fsp3) is 0.579. The molecule has 4 rings (SSSR count). The Morgan fingerprint density at radius 2 is 2.08 bits per heavy atom. The fourth-order valence-electron chi connectivity index (χ4n) is 4.00. The normalized spacial score (nSPS) is 22.3. The Morgan fingerprint density at radius 1 is 1.20 bits per heavy atom. The van der Waals surface area contributed by atoms with Crippen LogP contribution in [0.15, 0.2) is 28.9 Å². The van der Waals surface area contributed by atoms with Crippen molar-refractivity contribution in [3.8, 4) is 0 Å². The van der Waals surface area contributed by atoms with Gasteiger partial charge >= 0.3 is 0 Å². The molecule has 3 heterocycles. The average molecular weight is 340 g/mol. The first-order valence-corrected chi connectivity index (χ1v) is 9.29. The van der Waals surface area contributed by atoms with Crippen molar-refractivity contribution in [2.75, 3.05) is 13.1 Å². The van der Waals surface area contributed by atoms with E-state index in [1.165, 1.54) is 12.8 Å². The van der Waals surface area contributed by atoms with Crippen molar-refractivity contribution in [1.82, 2.24) is 20.0 Å². The minimum atomic E-state index is 0.00449. The highest BCUT2D eigenvalue weighted by Crippen LogP contribution is 2.33. The SMILES string of the molecule is O=C(c1ccccn1)C1CCCN(Cc2noc(C3CCCC3)n2)C1. The number of aromatic nitrogens is 3. The van der Waals surface area contributed by atoms with Gasteiger partial charge in [-0.25, -0.2) is 0 Å². The summed E-state index contributed by atoms with van der Waals surface area (Å²) in [4.78, 5) is 23.7. The van der Waals surface area contributed by atoms with Crippen LogP contribution in [0.25, 0.3) is 0 Å². The van der Waals surface area contributed by atoms with Gasteiger partial charge in [0, 0.05) is 24.6 Å². The molecule has 2 fully saturated rings. The van der Waals surface area contributed by atoms with Gasteiger partial charge in [-0.3, -0.25) is 14.7 Å². The van der Waals surface area contributed by atoms with Crippen molar-refractivity contribution >= 4 is 5.78 Å². The zero-order valence-electron chi connectivity index (χ0n) is 14.4. The third-order valence-corrected chi connectivity index (χ3v) is 5.35. The van der Waals surface area contributed by atoms with Gasteiger partial charge in [0.05, 0.1) is 6.54 Å². The van der Waals surface area contributed by atoms with E-state index >= 15 is 0 Å². The maximum atomic E-state index is 12.6. The fourth-order valence-corrected chi connectivity index (χ4v) is 4.00. The Morgan fingerprint density at radius 3 is 2.88 bits per heavy atom. The van der Waals surface area contributed by atoms with E-state index in [9.17, 15) is 4.79 Å². The number of Topliss-reactive ketones (excluding diaryl/α,β-unsaturated/α-hetero) is 1. The summed E-state index contributed by atoms with van der Waals surface area (Å²) in [6, 6.07) is 5.50. The molecule has 1 atom stereocenters. The van der Waals surface area contributed by atoms with Gasteiger partial charge in [-0.15, -0.1) is 0 Å². The highest BCUT2D eigenvalue weighted by molar-refractivity contribution is 5.96. The summed E-state index contributed by atoms with van der Waals surface area (Å²) in [7, 11) is 0. The van der Waals surface area contributed by atoms with E-state index in [1.54, 1.807) is 12.3 Å². The lowest BCUT2D eigenvalue weighted by atomic mass is 9.92. The van der Waals surface area contributed by atoms with E-state index in [2.05, 4.69) is 20.0 Å². The van der Waals surface area contributed by atoms with Crippen molar-refractivity contribution < 1.29 is 9.32 Å². The Bertz CT molecular complexity index is 709. The molecule has 1 saturated heterocycles. The van der Waals surface area contributed by atoms with Crippen molar-refractivity contribution in [1.29, 1.82) is 0 Å². The molecular weight excluding hydrogens is 316 g/mol. The molecule has 0 amide bonds. The monoisotopic (exact) mass is 340 g/mol. The molecule has 1 saturated carbocycles. The maximum absolute atomic E-state index is 12.6. The van der Waals surface area contributed by atoms with Gasteiger partial charge in [-0.05, 0) is 44.4 Å². The van der Waals surface area contributed by atoms with E-state index in [-0.39, 0.29) is 11.7 Å². The van der Waals surface area contributed by atoms with Gasteiger partial charge in [0.1, 0.15) is 5.69 Å². The van der Waals surface area contributed by atoms with Gasteiger partial charge in [-0.2, -0.15) is 4.98 Å². The average Bonchev–Trinajstić information content (AvgIpc) is 3.34. The number of carbonyl (C=O) groups is 1. The van der Waals surface area contributed by atoms with E-state index in [0.29, 0.717) is 18.2 Å². The van der Waals surface area contributed by atoms with E-state index in [0.717, 1.165) is 50.5 Å². The van der Waals surface area contributed by atoms with Gasteiger partial charge in [-0.1, -0.05) is 24.1 Å². The van der Waals surface area contributed by atoms with Crippen LogP contribution >= 0.6 is 0 Å². The highest BCUT2D eigenvalue weighted by Gasteiger charge is 2.28. The molecule has 1 unspecified atom stereocenters. The van der Waals surface area contributed by atoms with Gasteiger partial charge in [0.15, 0.2) is 11.6 Å². The van der Waals surface area contributed by atoms with Crippen molar-refractivity contribution in [3.05, 3.63) is 41.8 Å². The van der Waals surface area contributed by atoms with Crippen LogP contribution < -0.4 is 0 Å². The van der Waals surface area contributed by atoms with Crippen molar-refractivity contribution in [2.24, 2.45) is 5.92 Å². The summed E-state index contributed by atoms with van der Waals surface area (Å²) in [5, 5.41) is 4.16. The van der Waals surface area contributed by atoms with Crippen molar-refractivity contribution in [3.63, 3.8) is 0 Å². The summed E-state index contributed by atoms with van der Waals surface area (Å²) >= 11 is 0. The molecule has 2 aliphatic rings. The van der Waals surface area contributed by atoms with Crippen LogP contribution in [0.4, 0.5) is 0 Å². The predicted octanol–water partition coefficient (Wildman–Crippen LogP) is 3.22. The number of ketones is 1. The standard InChI is InChI=1S/C19H24N4O2/c24-18(16-9-3-4-10-20-16)15-8-5-11-23(12-15)13-17-21-19(25-22-17)14-6-1-2-7-14/h3-4,9-10,14-15H,1-2,5-8,11-13H2. The Kier molecular flexibility index (Phi) is 4.88. The van der Waals surface area contributed by atoms with E-state index in [1.807, 2.05) is 12.1 Å². The lowest BCUT2D eigenvalue weighted by molar-refractivity contribution is 0.0802. The highest BCUT2D eigenvalue weighted by atomic mass is 16.5. The number of carbonyl (C=O) groups excluding carboxylic acids is 1. The molecule has 0 spiro atoms. The Balaban J connectivity index is 1.37. The second-order valence-electron chi connectivity index (χ2n) is 7.18. The number of hydrogen-bond acceptors (Lipinski definition) is 6. The molecule has 0 aromatic carbocycles. The smallest absolute Gasteiger partial charge is 0.229 e. The van der Waals surface area contributed by atoms with Crippen LogP contribution in [0.1, 0.15) is 66.6 Å². The molecule has 0 bridgehead atoms. The lowest BCUT2D eigenvalue weighted by Crippen LogP contribution is -2.38. The van der Waals surface area contributed by atoms with Gasteiger partial charge < -0.3 is 4.52 Å². The third-order valence-electron chi connectivity index (χ3n) is 5.35. The summed E-state index contributed by atoms with van der Waals surface area (Å²) in [6.45, 7) is 2.37. The van der Waals surface area contributed by atoms with Crippen LogP contribution in [-0.2, 0) is 6.54 Å². The van der Waals surface area contributed by atoms with Crippen LogP contribution in [0.3, 0.4) is 0 Å². The van der Waals surface area contributed by atoms with Crippen LogP contribution in [-0.4, -0.2) is 38.9 Å². The second-order valence-corrected chi connectivity index (χ2v) is 7.18. The number of piperidine rings is 1. The second kappa shape index (κ2) is 7.44. The predicted molar refractivity (Wildman–Crippen MR) is 92.1 cm³/mol. The summed E-state index contributed by atoms with van der Waals surface area (Å²) in [5.41, 5.74) is 0.567. The van der Waals surface area contributed by atoms with E-state index < -0.39 is 0 Å². The third kappa shape index (κ3) is 3.79. The van der Waals surface area contributed by atoms with Crippen LogP contribution in [0.5, 0.6) is 0 Å². The van der Waals surface area contributed by atoms with Crippen molar-refractivity contribution in [2.45, 2.75) is 51.0 Å². The topological polar surface area (TPSA) is 72.1 Å². The zero-order chi connectivity index (χ0) is 17.1. The number of nitrogens with zero attached hydrogens (tertiary/aromatic N) is 4. The summed E-state index contributed by atoms with van der Waals surface area (Å²) in [6.07, 6.45) is 8.44. The molecular formula is C19H24N4O2. The van der Waals surface area contributed by atoms with Crippen LogP contribution in [0.2, 0.25) is 0 Å². The van der Waals surface area contributed by atoms with E-state index in [4.69, 9.17) is 4.52 Å². The maximum Gasteiger partial charge on any atom is 0.229 e. The Labute approximate surface area is 147 Å². The Hall–Kier alpha value is -2.08. The zero-order valence-corrected chi connectivity index (χ0v) is 14.4. The minimum absolute atomic E-state index is 0.00449. The van der Waals surface area contributed by atoms with Gasteiger partial charge in [0.25, 0.3) is 0 Å². The quantitative estimate of drug-likeness (QED) is 0.778. The number of likely N-dealkylation sites (tertiary alicyclic amines) is 1.